The van der Waals surface area contributed by atoms with E-state index in [0.717, 1.165) is 50.8 Å². The van der Waals surface area contributed by atoms with E-state index in [-0.39, 0.29) is 25.7 Å². The Bertz CT molecular complexity index is 1490. The van der Waals surface area contributed by atoms with E-state index in [1.165, 1.54) is 83.3 Å². The summed E-state index contributed by atoms with van der Waals surface area (Å²) in [5.41, 5.74) is 2.06. The van der Waals surface area contributed by atoms with Gasteiger partial charge in [0.05, 0.1) is 22.1 Å². The fourth-order valence-corrected chi connectivity index (χ4v) is 6.38. The Morgan fingerprint density at radius 2 is 1.52 bits per heavy atom. The summed E-state index contributed by atoms with van der Waals surface area (Å²) in [6, 6.07) is 2.52. The first-order chi connectivity index (χ1) is 27.1. The molecule has 318 valence electrons. The number of rotatable bonds is 31. The van der Waals surface area contributed by atoms with Gasteiger partial charge < -0.3 is 37.9 Å². The number of alkyl carbamates (subject to hydrolysis) is 1. The summed E-state index contributed by atoms with van der Waals surface area (Å²) in [7, 11) is -3.92. The van der Waals surface area contributed by atoms with Crippen LogP contribution in [0.3, 0.4) is 0 Å². The molecule has 0 spiro atoms. The molecule has 1 N–H and O–H groups in total. The number of amides is 1. The molecule has 0 aliphatic heterocycles. The van der Waals surface area contributed by atoms with Crippen LogP contribution in [0.15, 0.2) is 44.5 Å². The molecule has 0 saturated heterocycles. The number of nitrogens with zero attached hydrogens (tertiary/aromatic N) is 3. The molecule has 0 aliphatic carbocycles. The molecule has 3 aromatic heterocycles. The summed E-state index contributed by atoms with van der Waals surface area (Å²) in [5, 5.41) is 12.5. The van der Waals surface area contributed by atoms with E-state index < -0.39 is 34.3 Å². The number of carbonyl (C=O) groups is 2. The first-order valence-electron chi connectivity index (χ1n) is 20.1. The minimum Gasteiger partial charge on any atom is -0.748 e. The van der Waals surface area contributed by atoms with Gasteiger partial charge in [-0.1, -0.05) is 108 Å². The van der Waals surface area contributed by atoms with E-state index in [0.29, 0.717) is 18.6 Å². The van der Waals surface area contributed by atoms with E-state index in [2.05, 4.69) is 32.6 Å². The van der Waals surface area contributed by atoms with E-state index in [1.807, 2.05) is 11.6 Å². The van der Waals surface area contributed by atoms with Gasteiger partial charge in [0.25, 0.3) is 11.8 Å². The van der Waals surface area contributed by atoms with Crippen LogP contribution in [0.5, 0.6) is 11.8 Å². The summed E-state index contributed by atoms with van der Waals surface area (Å²) < 4.78 is 62.0. The van der Waals surface area contributed by atoms with Crippen LogP contribution in [0.2, 0.25) is 0 Å². The number of ether oxygens (including phenoxy) is 4. The van der Waals surface area contributed by atoms with Gasteiger partial charge in [-0.3, -0.25) is 0 Å². The highest BCUT2D eigenvalue weighted by molar-refractivity contribution is 7.84. The topological polar surface area (TPSA) is 196 Å². The fourth-order valence-electron chi connectivity index (χ4n) is 5.75. The number of thiazole rings is 1. The van der Waals surface area contributed by atoms with Crippen molar-refractivity contribution in [1.82, 2.24) is 15.6 Å². The summed E-state index contributed by atoms with van der Waals surface area (Å²) in [6.45, 7) is 4.96. The van der Waals surface area contributed by atoms with Crippen molar-refractivity contribution in [3.05, 3.63) is 41.2 Å². The highest BCUT2D eigenvalue weighted by Crippen LogP contribution is 2.18. The second-order valence-electron chi connectivity index (χ2n) is 13.7. The molecule has 3 heterocycles. The largest absolute Gasteiger partial charge is 0.748 e. The molecule has 0 radical (unpaired) electrons. The quantitative estimate of drug-likeness (QED) is 0.0284. The molecular weight excluding hydrogens is 765 g/mol. The molecule has 17 heteroatoms. The molecular formula is C39H64N4O11S2. The summed E-state index contributed by atoms with van der Waals surface area (Å²) in [5.74, 6) is 0.824. The monoisotopic (exact) mass is 828 g/mol. The molecule has 3 rings (SSSR count). The lowest BCUT2D eigenvalue weighted by Crippen LogP contribution is -2.43. The van der Waals surface area contributed by atoms with Crippen LogP contribution in [-0.2, 0) is 37.4 Å². The zero-order chi connectivity index (χ0) is 40.7. The SMILES string of the molecule is CCCCCCCCCCCCCCCCc1cc(OCC(COC(=O)NC(CCCCC[n+]2ccsc2)C(=O)OCC)Oc2ccon2)no1.CS(=O)(=O)[O-]. The molecule has 2 atom stereocenters. The standard InChI is InChI=1S/C38H60N4O8S.CH4O3S/c1-3-5-6-7-8-9-10-11-12-13-14-15-16-18-21-32-28-36(41-50-32)46-29-33(49-35-23-26-48-40-35)30-47-38(44)39-34(37(43)45-4-2)22-19-17-20-24-42-25-27-51-31-42;1-5(2,3)4/h23,25-28,31,33-34H,3-22,24,29-30H2,1-2H3;1H3,(H,2,3,4). The lowest BCUT2D eigenvalue weighted by atomic mass is 10.0. The van der Waals surface area contributed by atoms with Crippen LogP contribution >= 0.6 is 11.3 Å². The normalized spacial score (nSPS) is 12.3. The van der Waals surface area contributed by atoms with Gasteiger partial charge in [0, 0.05) is 31.2 Å². The third-order valence-electron chi connectivity index (χ3n) is 8.63. The average molecular weight is 829 g/mol. The van der Waals surface area contributed by atoms with E-state index >= 15 is 0 Å². The smallest absolute Gasteiger partial charge is 0.407 e. The van der Waals surface area contributed by atoms with Crippen LogP contribution < -0.4 is 19.4 Å². The van der Waals surface area contributed by atoms with Gasteiger partial charge in [-0.2, -0.15) is 4.57 Å². The number of nitrogens with one attached hydrogen (secondary N) is 1. The Morgan fingerprint density at radius 1 is 0.875 bits per heavy atom. The van der Waals surface area contributed by atoms with Crippen molar-refractivity contribution in [2.75, 3.05) is 26.1 Å². The van der Waals surface area contributed by atoms with Gasteiger partial charge in [-0.05, 0) is 36.5 Å². The lowest BCUT2D eigenvalue weighted by Gasteiger charge is -2.20. The third-order valence-corrected chi connectivity index (χ3v) is 9.30. The van der Waals surface area contributed by atoms with Crippen LogP contribution in [0.4, 0.5) is 4.79 Å². The van der Waals surface area contributed by atoms with Crippen LogP contribution in [0, 0.1) is 0 Å². The lowest BCUT2D eigenvalue weighted by molar-refractivity contribution is -0.692. The average Bonchev–Trinajstić information content (AvgIpc) is 3.96. The van der Waals surface area contributed by atoms with Gasteiger partial charge in [0.1, 0.15) is 37.8 Å². The minimum absolute atomic E-state index is 0.00835. The van der Waals surface area contributed by atoms with Gasteiger partial charge in [0.15, 0.2) is 12.3 Å². The Balaban J connectivity index is 0.00000203. The minimum atomic E-state index is -3.92. The molecule has 0 aromatic carbocycles. The molecule has 56 heavy (non-hydrogen) atoms. The van der Waals surface area contributed by atoms with Crippen LogP contribution in [0.1, 0.15) is 135 Å². The summed E-state index contributed by atoms with van der Waals surface area (Å²) >= 11 is 1.65. The molecule has 2 unspecified atom stereocenters. The second kappa shape index (κ2) is 30.4. The predicted molar refractivity (Wildman–Crippen MR) is 210 cm³/mol. The summed E-state index contributed by atoms with van der Waals surface area (Å²) in [4.78, 5) is 25.3. The highest BCUT2D eigenvalue weighted by Gasteiger charge is 2.24. The van der Waals surface area contributed by atoms with Crippen molar-refractivity contribution >= 4 is 33.5 Å². The van der Waals surface area contributed by atoms with E-state index in [4.69, 9.17) is 41.0 Å². The molecule has 1 amide bonds. The maximum Gasteiger partial charge on any atom is 0.407 e. The molecule has 15 nitrogen and oxygen atoms in total. The number of hydrogen-bond acceptors (Lipinski definition) is 14. The fraction of sp³-hybridized carbons (Fsp3) is 0.718. The number of esters is 1. The Morgan fingerprint density at radius 3 is 2.11 bits per heavy atom. The number of hydrogen-bond donors (Lipinski definition) is 1. The Hall–Kier alpha value is -3.70. The first kappa shape index (κ1) is 48.4. The van der Waals surface area contributed by atoms with Crippen molar-refractivity contribution in [2.24, 2.45) is 0 Å². The Kier molecular flexibility index (Phi) is 26.3. The number of carbonyl (C=O) groups excluding carboxylic acids is 2. The van der Waals surface area contributed by atoms with Gasteiger partial charge in [0.2, 0.25) is 5.51 Å². The van der Waals surface area contributed by atoms with Crippen molar-refractivity contribution in [3.8, 4) is 11.8 Å². The molecule has 0 fully saturated rings. The van der Waals surface area contributed by atoms with Crippen molar-refractivity contribution in [1.29, 1.82) is 0 Å². The summed E-state index contributed by atoms with van der Waals surface area (Å²) in [6.07, 6.45) is 24.8. The predicted octanol–water partition coefficient (Wildman–Crippen LogP) is 7.94. The molecule has 0 bridgehead atoms. The van der Waals surface area contributed by atoms with Crippen molar-refractivity contribution < 1.29 is 55.1 Å². The number of aryl methyl sites for hydroxylation is 2. The molecule has 3 aromatic rings. The highest BCUT2D eigenvalue weighted by atomic mass is 32.2. The van der Waals surface area contributed by atoms with Crippen molar-refractivity contribution in [2.45, 2.75) is 155 Å². The maximum atomic E-state index is 12.8. The van der Waals surface area contributed by atoms with Gasteiger partial charge in [-0.25, -0.2) is 18.0 Å². The van der Waals surface area contributed by atoms with Gasteiger partial charge in [-0.15, -0.1) is 0 Å². The second-order valence-corrected chi connectivity index (χ2v) is 15.9. The molecule has 0 saturated carbocycles. The van der Waals surface area contributed by atoms with Gasteiger partial charge >= 0.3 is 12.1 Å². The van der Waals surface area contributed by atoms with E-state index in [9.17, 15) is 9.59 Å². The zero-order valence-electron chi connectivity index (χ0n) is 33.5. The van der Waals surface area contributed by atoms with Crippen LogP contribution in [0.25, 0.3) is 0 Å². The number of aromatic nitrogens is 3. The zero-order valence-corrected chi connectivity index (χ0v) is 35.2. The molecule has 0 aliphatic rings. The number of unbranched alkanes of at least 4 members (excludes halogenated alkanes) is 15. The maximum absolute atomic E-state index is 12.8. The Labute approximate surface area is 336 Å². The first-order valence-corrected chi connectivity index (χ1v) is 22.9. The van der Waals surface area contributed by atoms with E-state index in [1.54, 1.807) is 30.4 Å². The van der Waals surface area contributed by atoms with Crippen molar-refractivity contribution in [3.63, 3.8) is 0 Å². The third kappa shape index (κ3) is 26.2. The van der Waals surface area contributed by atoms with Crippen LogP contribution in [-0.4, -0.2) is 73.6 Å².